The largest absolute Gasteiger partial charge is 0.472 e. The molecule has 242 valence electrons. The third-order valence-electron chi connectivity index (χ3n) is 7.78. The first-order chi connectivity index (χ1) is 21.3. The van der Waals surface area contributed by atoms with Crippen LogP contribution in [0.25, 0.3) is 22.3 Å². The summed E-state index contributed by atoms with van der Waals surface area (Å²) in [6.07, 6.45) is -4.50. The number of hydrogen-bond donors (Lipinski definition) is 7. The molecular formula is C21H27N11O11P2. The molecule has 10 N–H and O–H groups in total. The Labute approximate surface area is 250 Å². The van der Waals surface area contributed by atoms with E-state index in [2.05, 4.69) is 29.9 Å². The van der Waals surface area contributed by atoms with E-state index in [-0.39, 0.29) is 52.9 Å². The number of phosphoric ester groups is 1. The van der Waals surface area contributed by atoms with Crippen molar-refractivity contribution in [2.45, 2.75) is 43.6 Å². The quantitative estimate of drug-likeness (QED) is 0.124. The van der Waals surface area contributed by atoms with Gasteiger partial charge in [-0.1, -0.05) is 0 Å². The number of rotatable bonds is 2. The topological polar surface area (TPSA) is 326 Å². The first-order valence-corrected chi connectivity index (χ1v) is 16.7. The fourth-order valence-corrected chi connectivity index (χ4v) is 8.24. The second-order valence-corrected chi connectivity index (χ2v) is 14.1. The van der Waals surface area contributed by atoms with Gasteiger partial charge in [0.1, 0.15) is 30.2 Å². The first kappa shape index (κ1) is 30.0. The van der Waals surface area contributed by atoms with Crippen molar-refractivity contribution in [3.63, 3.8) is 0 Å². The molecule has 4 aromatic heterocycles. The van der Waals surface area contributed by atoms with E-state index in [4.69, 9.17) is 40.2 Å². The van der Waals surface area contributed by atoms with E-state index < -0.39 is 82.7 Å². The van der Waals surface area contributed by atoms with Crippen molar-refractivity contribution in [1.29, 1.82) is 0 Å². The normalized spacial score (nSPS) is 34.4. The number of H-pyrrole nitrogens is 2. The van der Waals surface area contributed by atoms with Crippen LogP contribution < -0.4 is 28.5 Å². The second-order valence-electron chi connectivity index (χ2n) is 10.8. The molecule has 7 heterocycles. The number of phosphoric acid groups is 1. The highest BCUT2D eigenvalue weighted by molar-refractivity contribution is 7.52. The van der Waals surface area contributed by atoms with Gasteiger partial charge in [0, 0.05) is 12.3 Å². The third-order valence-corrected chi connectivity index (χ3v) is 10.3. The molecule has 0 radical (unpaired) electrons. The minimum absolute atomic E-state index is 0.0356. The Kier molecular flexibility index (Phi) is 7.11. The van der Waals surface area contributed by atoms with Gasteiger partial charge in [-0.15, -0.1) is 0 Å². The summed E-state index contributed by atoms with van der Waals surface area (Å²) >= 11 is 0. The number of hydrogen-bond acceptors (Lipinski definition) is 16. The van der Waals surface area contributed by atoms with Crippen molar-refractivity contribution in [1.82, 2.24) is 39.0 Å². The van der Waals surface area contributed by atoms with Crippen molar-refractivity contribution in [3.8, 4) is 0 Å². The smallest absolute Gasteiger partial charge is 0.382 e. The molecule has 4 unspecified atom stereocenters. The number of imidazole rings is 2. The van der Waals surface area contributed by atoms with Crippen LogP contribution >= 0.6 is 15.4 Å². The average Bonchev–Trinajstić information content (AvgIpc) is 3.70. The van der Waals surface area contributed by atoms with E-state index in [0.29, 0.717) is 0 Å². The van der Waals surface area contributed by atoms with Crippen LogP contribution in [-0.4, -0.2) is 86.5 Å². The lowest BCUT2D eigenvalue weighted by molar-refractivity contribution is -0.0503. The predicted octanol–water partition coefficient (Wildman–Crippen LogP) is -1.09. The second kappa shape index (κ2) is 10.7. The molecule has 0 aliphatic carbocycles. The highest BCUT2D eigenvalue weighted by Crippen LogP contribution is 2.53. The molecule has 8 atom stereocenters. The maximum absolute atomic E-state index is 13.3. The Morgan fingerprint density at radius 3 is 2.47 bits per heavy atom. The molecule has 7 rings (SSSR count). The standard InChI is InChI=1S/C21H27N11O11P2/c22-15-13-16(28-19(23)27-15)31(6-25-13)11-2-8-10(42-11)4-39-44(35,36)5-7-1-12(41-9(7)3-40-45(37,38)43-8)32-17-14(26-21(32)34)18(33)30-20(24)29-17/h6-12H,1-5H2,(H,26,34)(H,35,36)(H,37,38)(H4,22,23,27,28)(H3,24,29,30,33)/t7-,8+,9-,10-,11?,12?/m1/s1. The molecule has 24 heteroatoms. The maximum Gasteiger partial charge on any atom is 0.472 e. The molecule has 3 aliphatic heterocycles. The minimum Gasteiger partial charge on any atom is -0.382 e. The molecule has 4 aromatic rings. The molecule has 3 aliphatic rings. The Balaban J connectivity index is 1.15. The summed E-state index contributed by atoms with van der Waals surface area (Å²) in [4.78, 5) is 67.4. The van der Waals surface area contributed by atoms with Gasteiger partial charge >= 0.3 is 21.1 Å². The van der Waals surface area contributed by atoms with Gasteiger partial charge in [0.25, 0.3) is 5.56 Å². The number of nitrogens with two attached hydrogens (primary N) is 3. The zero-order chi connectivity index (χ0) is 31.8. The molecular weight excluding hydrogens is 644 g/mol. The summed E-state index contributed by atoms with van der Waals surface area (Å²) in [7, 11) is -9.15. The van der Waals surface area contributed by atoms with Crippen LogP contribution in [0.15, 0.2) is 15.9 Å². The van der Waals surface area contributed by atoms with E-state index >= 15 is 0 Å². The minimum atomic E-state index is -4.79. The molecule has 0 spiro atoms. The number of fused-ring (bicyclic) bond motifs is 4. The van der Waals surface area contributed by atoms with Crippen LogP contribution in [0.5, 0.6) is 0 Å². The number of aromatic amines is 2. The van der Waals surface area contributed by atoms with E-state index in [9.17, 15) is 28.5 Å². The van der Waals surface area contributed by atoms with E-state index in [0.717, 1.165) is 4.57 Å². The van der Waals surface area contributed by atoms with Crippen molar-refractivity contribution in [3.05, 3.63) is 27.2 Å². The number of nitrogens with zero attached hydrogens (tertiary/aromatic N) is 6. The summed E-state index contributed by atoms with van der Waals surface area (Å²) in [6.45, 7) is -1.07. The SMILES string of the molecule is Nc1nc(N)c2ncn(C3C[C@@H]4OP(=O)(O)OC[C@H]5OC(n6c(=O)[nH]c7c(=O)[nH]c(N)nc76)C[C@@H]5CP(=O)(O)OC[C@H]4O3)c2n1. The lowest BCUT2D eigenvalue weighted by atomic mass is 10.0. The molecule has 0 amide bonds. The lowest BCUT2D eigenvalue weighted by Gasteiger charge is -2.26. The van der Waals surface area contributed by atoms with Gasteiger partial charge in [-0.25, -0.2) is 18.9 Å². The van der Waals surface area contributed by atoms with Gasteiger partial charge in [-0.2, -0.15) is 15.0 Å². The maximum atomic E-state index is 13.3. The van der Waals surface area contributed by atoms with Gasteiger partial charge in [0.2, 0.25) is 11.9 Å². The van der Waals surface area contributed by atoms with Gasteiger partial charge in [0.15, 0.2) is 22.6 Å². The summed E-state index contributed by atoms with van der Waals surface area (Å²) < 4.78 is 57.0. The molecule has 45 heavy (non-hydrogen) atoms. The Morgan fingerprint density at radius 1 is 0.911 bits per heavy atom. The van der Waals surface area contributed by atoms with Crippen molar-refractivity contribution >= 4 is 55.5 Å². The van der Waals surface area contributed by atoms with Crippen LogP contribution in [-0.2, 0) is 32.2 Å². The molecule has 0 aromatic carbocycles. The zero-order valence-corrected chi connectivity index (χ0v) is 24.7. The number of anilines is 3. The monoisotopic (exact) mass is 671 g/mol. The highest BCUT2D eigenvalue weighted by atomic mass is 31.2. The summed E-state index contributed by atoms with van der Waals surface area (Å²) in [6, 6.07) is 0. The van der Waals surface area contributed by atoms with Crippen LogP contribution in [0.3, 0.4) is 0 Å². The van der Waals surface area contributed by atoms with Crippen LogP contribution in [0.2, 0.25) is 0 Å². The first-order valence-electron chi connectivity index (χ1n) is 13.5. The molecule has 22 nitrogen and oxygen atoms in total. The highest BCUT2D eigenvalue weighted by Gasteiger charge is 2.47. The van der Waals surface area contributed by atoms with Gasteiger partial charge < -0.3 is 41.0 Å². The van der Waals surface area contributed by atoms with Crippen molar-refractivity contribution in [2.24, 2.45) is 5.92 Å². The average molecular weight is 671 g/mol. The van der Waals surface area contributed by atoms with E-state index in [1.807, 2.05) is 0 Å². The lowest BCUT2D eigenvalue weighted by Crippen LogP contribution is -2.31. The molecule has 3 fully saturated rings. The van der Waals surface area contributed by atoms with E-state index in [1.165, 1.54) is 10.9 Å². The van der Waals surface area contributed by atoms with Gasteiger partial charge in [-0.3, -0.25) is 32.9 Å². The van der Waals surface area contributed by atoms with E-state index in [1.54, 1.807) is 0 Å². The number of nitrogens with one attached hydrogen (secondary N) is 2. The molecule has 0 saturated carbocycles. The van der Waals surface area contributed by atoms with Crippen LogP contribution in [0.1, 0.15) is 25.3 Å². The number of aromatic nitrogens is 8. The molecule has 3 saturated heterocycles. The van der Waals surface area contributed by atoms with Gasteiger partial charge in [0.05, 0.1) is 31.8 Å². The molecule has 0 bridgehead atoms. The summed E-state index contributed by atoms with van der Waals surface area (Å²) in [5, 5.41) is 0. The number of ether oxygens (including phenoxy) is 2. The van der Waals surface area contributed by atoms with Crippen molar-refractivity contribution in [2.75, 3.05) is 36.6 Å². The van der Waals surface area contributed by atoms with Gasteiger partial charge in [-0.05, 0) is 6.42 Å². The Hall–Kier alpha value is -3.72. The fourth-order valence-electron chi connectivity index (χ4n) is 5.82. The van der Waals surface area contributed by atoms with Crippen LogP contribution in [0.4, 0.5) is 17.7 Å². The third kappa shape index (κ3) is 5.53. The summed E-state index contributed by atoms with van der Waals surface area (Å²) in [5.41, 5.74) is 16.1. The fraction of sp³-hybridized carbons (Fsp3) is 0.524. The Bertz CT molecular complexity index is 2030. The summed E-state index contributed by atoms with van der Waals surface area (Å²) in [5.74, 6) is -1.15. The Morgan fingerprint density at radius 2 is 1.67 bits per heavy atom. The zero-order valence-electron chi connectivity index (χ0n) is 23.0. The number of nitrogen functional groups attached to an aromatic ring is 3. The van der Waals surface area contributed by atoms with Crippen LogP contribution in [0, 0.1) is 5.92 Å². The predicted molar refractivity (Wildman–Crippen MR) is 151 cm³/mol. The van der Waals surface area contributed by atoms with Crippen molar-refractivity contribution < 1.29 is 42.0 Å².